The lowest BCUT2D eigenvalue weighted by Gasteiger charge is -2.37. The van der Waals surface area contributed by atoms with Crippen LogP contribution in [-0.4, -0.2) is 40.7 Å². The predicted molar refractivity (Wildman–Crippen MR) is 82.8 cm³/mol. The molecule has 4 heteroatoms. The van der Waals surface area contributed by atoms with Crippen LogP contribution in [0.25, 0.3) is 0 Å². The van der Waals surface area contributed by atoms with Gasteiger partial charge in [0, 0.05) is 32.3 Å². The van der Waals surface area contributed by atoms with Gasteiger partial charge in [0.25, 0.3) is 0 Å². The van der Waals surface area contributed by atoms with Crippen LogP contribution in [0.4, 0.5) is 5.82 Å². The van der Waals surface area contributed by atoms with Crippen molar-refractivity contribution in [1.29, 1.82) is 0 Å². The average molecular weight is 277 g/mol. The van der Waals surface area contributed by atoms with Gasteiger partial charge in [-0.1, -0.05) is 19.4 Å². The van der Waals surface area contributed by atoms with E-state index >= 15 is 0 Å². The third-order valence-electron chi connectivity index (χ3n) is 3.92. The van der Waals surface area contributed by atoms with Gasteiger partial charge in [-0.25, -0.2) is 4.98 Å². The Hall–Kier alpha value is -1.13. The first kappa shape index (κ1) is 15.3. The van der Waals surface area contributed by atoms with Crippen molar-refractivity contribution >= 4 is 5.82 Å². The number of rotatable bonds is 9. The molecule has 4 nitrogen and oxygen atoms in total. The van der Waals surface area contributed by atoms with E-state index in [0.29, 0.717) is 6.04 Å². The fourth-order valence-corrected chi connectivity index (χ4v) is 2.54. The Morgan fingerprint density at radius 3 is 2.90 bits per heavy atom. The number of nitrogens with zero attached hydrogens (tertiary/aromatic N) is 2. The van der Waals surface area contributed by atoms with Crippen LogP contribution in [0.15, 0.2) is 18.2 Å². The summed E-state index contributed by atoms with van der Waals surface area (Å²) in [5, 5.41) is 12.4. The Kier molecular flexibility index (Phi) is 6.27. The SMILES string of the molecule is CCCNc1cccc(CN(CCCO)C2CCC2)n1. The largest absolute Gasteiger partial charge is 0.396 e. The minimum absolute atomic E-state index is 0.273. The summed E-state index contributed by atoms with van der Waals surface area (Å²) in [6.07, 6.45) is 5.88. The molecule has 0 spiro atoms. The molecule has 1 aliphatic rings. The molecule has 0 amide bonds. The van der Waals surface area contributed by atoms with Gasteiger partial charge < -0.3 is 10.4 Å². The maximum Gasteiger partial charge on any atom is 0.126 e. The summed E-state index contributed by atoms with van der Waals surface area (Å²) in [5.41, 5.74) is 1.12. The Balaban J connectivity index is 1.94. The topological polar surface area (TPSA) is 48.4 Å². The summed E-state index contributed by atoms with van der Waals surface area (Å²) in [6.45, 7) is 5.26. The molecule has 1 aromatic rings. The molecule has 0 aromatic carbocycles. The maximum atomic E-state index is 9.04. The van der Waals surface area contributed by atoms with Crippen molar-refractivity contribution in [1.82, 2.24) is 9.88 Å². The molecule has 1 aliphatic carbocycles. The molecule has 1 aromatic heterocycles. The van der Waals surface area contributed by atoms with E-state index in [1.54, 1.807) is 0 Å². The minimum atomic E-state index is 0.273. The van der Waals surface area contributed by atoms with Crippen molar-refractivity contribution in [3.8, 4) is 0 Å². The van der Waals surface area contributed by atoms with Crippen molar-refractivity contribution in [2.75, 3.05) is 25.0 Å². The van der Waals surface area contributed by atoms with Crippen molar-refractivity contribution in [2.45, 2.75) is 51.6 Å². The molecular weight excluding hydrogens is 250 g/mol. The van der Waals surface area contributed by atoms with Gasteiger partial charge in [0.15, 0.2) is 0 Å². The molecule has 2 N–H and O–H groups in total. The molecule has 2 rings (SSSR count). The molecule has 1 fully saturated rings. The quantitative estimate of drug-likeness (QED) is 0.728. The molecule has 0 bridgehead atoms. The monoisotopic (exact) mass is 277 g/mol. The minimum Gasteiger partial charge on any atom is -0.396 e. The van der Waals surface area contributed by atoms with Gasteiger partial charge in [0.2, 0.25) is 0 Å². The van der Waals surface area contributed by atoms with Gasteiger partial charge in [-0.2, -0.15) is 0 Å². The molecular formula is C16H27N3O. The van der Waals surface area contributed by atoms with Crippen LogP contribution in [0, 0.1) is 0 Å². The molecule has 0 aliphatic heterocycles. The second kappa shape index (κ2) is 8.22. The Labute approximate surface area is 122 Å². The van der Waals surface area contributed by atoms with Crippen molar-refractivity contribution < 1.29 is 5.11 Å². The zero-order valence-corrected chi connectivity index (χ0v) is 12.5. The predicted octanol–water partition coefficient (Wildman–Crippen LogP) is 2.64. The average Bonchev–Trinajstić information content (AvgIpc) is 2.41. The van der Waals surface area contributed by atoms with Gasteiger partial charge in [0.05, 0.1) is 5.69 Å². The lowest BCUT2D eigenvalue weighted by molar-refractivity contribution is 0.108. The molecule has 1 saturated carbocycles. The van der Waals surface area contributed by atoms with E-state index in [2.05, 4.69) is 34.3 Å². The number of hydrogen-bond acceptors (Lipinski definition) is 4. The maximum absolute atomic E-state index is 9.04. The smallest absolute Gasteiger partial charge is 0.126 e. The Bertz CT molecular complexity index is 393. The number of aliphatic hydroxyl groups is 1. The molecule has 0 unspecified atom stereocenters. The summed E-state index contributed by atoms with van der Waals surface area (Å²) in [5.74, 6) is 0.972. The van der Waals surface area contributed by atoms with Crippen LogP contribution < -0.4 is 5.32 Å². The lowest BCUT2D eigenvalue weighted by atomic mass is 9.91. The highest BCUT2D eigenvalue weighted by atomic mass is 16.3. The van der Waals surface area contributed by atoms with Gasteiger partial charge in [-0.3, -0.25) is 4.90 Å². The summed E-state index contributed by atoms with van der Waals surface area (Å²) in [6, 6.07) is 6.89. The first-order chi connectivity index (χ1) is 9.83. The van der Waals surface area contributed by atoms with Gasteiger partial charge in [0.1, 0.15) is 5.82 Å². The van der Waals surface area contributed by atoms with Crippen LogP contribution >= 0.6 is 0 Å². The number of anilines is 1. The van der Waals surface area contributed by atoms with Crippen LogP contribution in [0.5, 0.6) is 0 Å². The lowest BCUT2D eigenvalue weighted by Crippen LogP contribution is -2.40. The molecule has 1 heterocycles. The highest BCUT2D eigenvalue weighted by Gasteiger charge is 2.24. The summed E-state index contributed by atoms with van der Waals surface area (Å²) < 4.78 is 0. The first-order valence-corrected chi connectivity index (χ1v) is 7.88. The normalized spacial score (nSPS) is 15.3. The standard InChI is InChI=1S/C16H27N3O/c1-2-10-17-16-9-3-6-14(18-16)13-19(11-5-12-20)15-7-4-8-15/h3,6,9,15,20H,2,4-5,7-8,10-13H2,1H3,(H,17,18). The van der Waals surface area contributed by atoms with E-state index in [1.165, 1.54) is 19.3 Å². The molecule has 112 valence electrons. The van der Waals surface area contributed by atoms with Crippen LogP contribution in [0.3, 0.4) is 0 Å². The zero-order chi connectivity index (χ0) is 14.2. The van der Waals surface area contributed by atoms with Crippen molar-refractivity contribution in [2.24, 2.45) is 0 Å². The molecule has 0 atom stereocenters. The second-order valence-electron chi connectivity index (χ2n) is 5.57. The van der Waals surface area contributed by atoms with Gasteiger partial charge in [-0.15, -0.1) is 0 Å². The first-order valence-electron chi connectivity index (χ1n) is 7.88. The second-order valence-corrected chi connectivity index (χ2v) is 5.57. The Morgan fingerprint density at radius 1 is 1.40 bits per heavy atom. The zero-order valence-electron chi connectivity index (χ0n) is 12.5. The number of aromatic nitrogens is 1. The number of nitrogens with one attached hydrogen (secondary N) is 1. The van der Waals surface area contributed by atoms with Crippen molar-refractivity contribution in [3.05, 3.63) is 23.9 Å². The van der Waals surface area contributed by atoms with E-state index < -0.39 is 0 Å². The van der Waals surface area contributed by atoms with Crippen molar-refractivity contribution in [3.63, 3.8) is 0 Å². The molecule has 20 heavy (non-hydrogen) atoms. The summed E-state index contributed by atoms with van der Waals surface area (Å²) >= 11 is 0. The summed E-state index contributed by atoms with van der Waals surface area (Å²) in [4.78, 5) is 7.16. The van der Waals surface area contributed by atoms with E-state index in [1.807, 2.05) is 6.07 Å². The third kappa shape index (κ3) is 4.46. The van der Waals surface area contributed by atoms with E-state index in [0.717, 1.165) is 44.0 Å². The van der Waals surface area contributed by atoms with E-state index in [9.17, 15) is 0 Å². The fraction of sp³-hybridized carbons (Fsp3) is 0.688. The highest BCUT2D eigenvalue weighted by molar-refractivity contribution is 5.35. The summed E-state index contributed by atoms with van der Waals surface area (Å²) in [7, 11) is 0. The highest BCUT2D eigenvalue weighted by Crippen LogP contribution is 2.26. The van der Waals surface area contributed by atoms with Crippen LogP contribution in [0.1, 0.15) is 44.7 Å². The number of aliphatic hydroxyl groups excluding tert-OH is 1. The Morgan fingerprint density at radius 2 is 2.25 bits per heavy atom. The van der Waals surface area contributed by atoms with Gasteiger partial charge in [-0.05, 0) is 37.8 Å². The molecule has 0 saturated heterocycles. The fourth-order valence-electron chi connectivity index (χ4n) is 2.54. The third-order valence-corrected chi connectivity index (χ3v) is 3.92. The van der Waals surface area contributed by atoms with Crippen LogP contribution in [0.2, 0.25) is 0 Å². The number of pyridine rings is 1. The van der Waals surface area contributed by atoms with E-state index in [4.69, 9.17) is 5.11 Å². The van der Waals surface area contributed by atoms with Crippen LogP contribution in [-0.2, 0) is 6.54 Å². The molecule has 0 radical (unpaired) electrons. The number of hydrogen-bond donors (Lipinski definition) is 2. The van der Waals surface area contributed by atoms with Gasteiger partial charge >= 0.3 is 0 Å². The van der Waals surface area contributed by atoms with E-state index in [-0.39, 0.29) is 6.61 Å².